The van der Waals surface area contributed by atoms with Crippen LogP contribution in [0.15, 0.2) is 35.5 Å². The van der Waals surface area contributed by atoms with E-state index in [1.807, 2.05) is 45.9 Å². The molecular weight excluding hydrogens is 256 g/mol. The van der Waals surface area contributed by atoms with E-state index >= 15 is 0 Å². The molecule has 0 atom stereocenters. The smallest absolute Gasteiger partial charge is 0.370 e. The summed E-state index contributed by atoms with van der Waals surface area (Å²) in [7, 11) is -2.72. The van der Waals surface area contributed by atoms with Crippen LogP contribution >= 0.6 is 0 Å². The highest BCUT2D eigenvalue weighted by atomic mass is 28.4. The van der Waals surface area contributed by atoms with Crippen molar-refractivity contribution in [1.82, 2.24) is 0 Å². The maximum absolute atomic E-state index is 5.87. The van der Waals surface area contributed by atoms with Crippen molar-refractivity contribution in [3.63, 3.8) is 0 Å². The minimum absolute atomic E-state index is 0.589. The number of benzene rings is 1. The van der Waals surface area contributed by atoms with E-state index in [1.165, 1.54) is 0 Å². The van der Waals surface area contributed by atoms with Gasteiger partial charge in [-0.15, -0.1) is 0 Å². The normalized spacial score (nSPS) is 12.7. The van der Waals surface area contributed by atoms with Gasteiger partial charge in [0.15, 0.2) is 0 Å². The largest absolute Gasteiger partial charge is 0.532 e. The van der Waals surface area contributed by atoms with Crippen LogP contribution in [-0.2, 0) is 13.3 Å². The van der Waals surface area contributed by atoms with Crippen LogP contribution in [0.25, 0.3) is 6.08 Å². The molecule has 0 radical (unpaired) electrons. The zero-order valence-corrected chi connectivity index (χ0v) is 13.3. The minimum atomic E-state index is -2.72. The first-order chi connectivity index (χ1) is 9.18. The second kappa shape index (κ2) is 8.27. The Hall–Kier alpha value is -0.943. The molecule has 19 heavy (non-hydrogen) atoms. The van der Waals surface area contributed by atoms with E-state index in [0.717, 1.165) is 10.8 Å². The van der Waals surface area contributed by atoms with Crippen molar-refractivity contribution >= 4 is 14.9 Å². The van der Waals surface area contributed by atoms with Crippen LogP contribution in [0.3, 0.4) is 0 Å². The van der Waals surface area contributed by atoms with Crippen molar-refractivity contribution in [3.8, 4) is 0 Å². The lowest BCUT2D eigenvalue weighted by Crippen LogP contribution is -2.47. The van der Waals surface area contributed by atoms with Gasteiger partial charge in [0.1, 0.15) is 0 Å². The van der Waals surface area contributed by atoms with Gasteiger partial charge in [0.25, 0.3) is 0 Å². The molecule has 0 saturated heterocycles. The summed E-state index contributed by atoms with van der Waals surface area (Å²) in [5.74, 6) is 0. The van der Waals surface area contributed by atoms with Crippen LogP contribution in [0.4, 0.5) is 0 Å². The van der Waals surface area contributed by atoms with Gasteiger partial charge in [-0.2, -0.15) is 0 Å². The van der Waals surface area contributed by atoms with Gasteiger partial charge in [-0.1, -0.05) is 36.4 Å². The van der Waals surface area contributed by atoms with E-state index in [2.05, 4.69) is 18.2 Å². The number of hydrogen-bond acceptors (Lipinski definition) is 3. The molecule has 0 fully saturated rings. The van der Waals surface area contributed by atoms with E-state index < -0.39 is 8.80 Å². The first-order valence-electron chi connectivity index (χ1n) is 6.84. The molecule has 0 saturated carbocycles. The average molecular weight is 280 g/mol. The Bertz CT molecular complexity index is 373. The maximum Gasteiger partial charge on any atom is 0.532 e. The molecule has 0 unspecified atom stereocenters. The van der Waals surface area contributed by atoms with Gasteiger partial charge in [-0.05, 0) is 38.5 Å². The fraction of sp³-hybridized carbons (Fsp3) is 0.467. The molecule has 0 heterocycles. The summed E-state index contributed by atoms with van der Waals surface area (Å²) in [5.41, 5.74) is 1.14. The highest BCUT2D eigenvalue weighted by Crippen LogP contribution is 2.22. The Kier molecular flexibility index (Phi) is 7.01. The third-order valence-electron chi connectivity index (χ3n) is 2.67. The second-order valence-electron chi connectivity index (χ2n) is 4.09. The molecule has 0 aliphatic heterocycles. The standard InChI is InChI=1S/C15H24O3Si/c1-5-16-19(17-6-2,18-7-3)14(4)13-15-11-9-8-10-12-15/h8-13H,5-7H2,1-4H3. The summed E-state index contributed by atoms with van der Waals surface area (Å²) in [6.45, 7) is 9.70. The first kappa shape index (κ1) is 16.1. The summed E-state index contributed by atoms with van der Waals surface area (Å²) < 4.78 is 17.6. The highest BCUT2D eigenvalue weighted by Gasteiger charge is 2.42. The SMILES string of the molecule is CCO[Si](OCC)(OCC)C(C)=Cc1ccccc1. The predicted octanol–water partition coefficient (Wildman–Crippen LogP) is 3.68. The lowest BCUT2D eigenvalue weighted by atomic mass is 10.2. The molecule has 0 spiro atoms. The molecule has 4 heteroatoms. The first-order valence-corrected chi connectivity index (χ1v) is 8.56. The van der Waals surface area contributed by atoms with E-state index in [1.54, 1.807) is 0 Å². The molecule has 1 aromatic rings. The van der Waals surface area contributed by atoms with Crippen molar-refractivity contribution in [2.24, 2.45) is 0 Å². The van der Waals surface area contributed by atoms with E-state index in [0.29, 0.717) is 19.8 Å². The van der Waals surface area contributed by atoms with E-state index in [-0.39, 0.29) is 0 Å². The van der Waals surface area contributed by atoms with Gasteiger partial charge in [0, 0.05) is 19.8 Å². The number of rotatable bonds is 8. The van der Waals surface area contributed by atoms with Crippen LogP contribution < -0.4 is 0 Å². The topological polar surface area (TPSA) is 27.7 Å². The molecule has 3 nitrogen and oxygen atoms in total. The fourth-order valence-electron chi connectivity index (χ4n) is 1.92. The molecule has 0 aliphatic rings. The summed E-state index contributed by atoms with van der Waals surface area (Å²) in [6.07, 6.45) is 2.09. The van der Waals surface area contributed by atoms with Crippen LogP contribution in [0.2, 0.25) is 0 Å². The molecule has 106 valence electrons. The Balaban J connectivity index is 3.04. The van der Waals surface area contributed by atoms with Crippen LogP contribution in [0.1, 0.15) is 33.3 Å². The Morgan fingerprint density at radius 2 is 1.42 bits per heavy atom. The molecular formula is C15H24O3Si. The van der Waals surface area contributed by atoms with Crippen molar-refractivity contribution in [2.75, 3.05) is 19.8 Å². The minimum Gasteiger partial charge on any atom is -0.370 e. The number of allylic oxidation sites excluding steroid dienone is 1. The summed E-state index contributed by atoms with van der Waals surface area (Å²) in [5, 5.41) is 1.05. The summed E-state index contributed by atoms with van der Waals surface area (Å²) in [4.78, 5) is 0. The van der Waals surface area contributed by atoms with Crippen molar-refractivity contribution in [3.05, 3.63) is 41.1 Å². The van der Waals surface area contributed by atoms with Gasteiger partial charge in [0.2, 0.25) is 0 Å². The Labute approximate surface area is 117 Å². The van der Waals surface area contributed by atoms with Crippen molar-refractivity contribution in [1.29, 1.82) is 0 Å². The molecule has 0 bridgehead atoms. The predicted molar refractivity (Wildman–Crippen MR) is 80.7 cm³/mol. The van der Waals surface area contributed by atoms with Gasteiger partial charge < -0.3 is 13.3 Å². The lowest BCUT2D eigenvalue weighted by Gasteiger charge is -2.29. The Morgan fingerprint density at radius 1 is 0.947 bits per heavy atom. The zero-order chi connectivity index (χ0) is 14.1. The van der Waals surface area contributed by atoms with Crippen molar-refractivity contribution in [2.45, 2.75) is 27.7 Å². The molecule has 1 aromatic carbocycles. The third-order valence-corrected chi connectivity index (χ3v) is 5.79. The highest BCUT2D eigenvalue weighted by molar-refractivity contribution is 6.69. The third kappa shape index (κ3) is 4.58. The lowest BCUT2D eigenvalue weighted by molar-refractivity contribution is 0.0811. The average Bonchev–Trinajstić information content (AvgIpc) is 2.40. The molecule has 0 N–H and O–H groups in total. The van der Waals surface area contributed by atoms with Crippen LogP contribution in [0, 0.1) is 0 Å². The van der Waals surface area contributed by atoms with Gasteiger partial charge in [-0.25, -0.2) is 0 Å². The summed E-state index contributed by atoms with van der Waals surface area (Å²) in [6, 6.07) is 10.2. The fourth-order valence-corrected chi connectivity index (χ4v) is 4.34. The van der Waals surface area contributed by atoms with Gasteiger partial charge >= 0.3 is 8.80 Å². The molecule has 1 rings (SSSR count). The second-order valence-corrected chi connectivity index (χ2v) is 6.86. The number of hydrogen-bond donors (Lipinski definition) is 0. The van der Waals surface area contributed by atoms with Crippen molar-refractivity contribution < 1.29 is 13.3 Å². The van der Waals surface area contributed by atoms with Crippen LogP contribution in [0.5, 0.6) is 0 Å². The quantitative estimate of drug-likeness (QED) is 0.680. The van der Waals surface area contributed by atoms with Crippen LogP contribution in [-0.4, -0.2) is 28.6 Å². The maximum atomic E-state index is 5.87. The zero-order valence-electron chi connectivity index (χ0n) is 12.3. The summed E-state index contributed by atoms with van der Waals surface area (Å²) >= 11 is 0. The monoisotopic (exact) mass is 280 g/mol. The molecule has 0 aliphatic carbocycles. The van der Waals surface area contributed by atoms with E-state index in [9.17, 15) is 0 Å². The Morgan fingerprint density at radius 3 is 1.84 bits per heavy atom. The van der Waals surface area contributed by atoms with Gasteiger partial charge in [0.05, 0.1) is 0 Å². The van der Waals surface area contributed by atoms with Gasteiger partial charge in [-0.3, -0.25) is 0 Å². The molecule has 0 amide bonds. The molecule has 0 aromatic heterocycles. The van der Waals surface area contributed by atoms with E-state index in [4.69, 9.17) is 13.3 Å².